The molecule has 0 aliphatic heterocycles. The topological polar surface area (TPSA) is 68.0 Å². The number of carbonyl (C=O) groups excluding carboxylic acids is 1. The molecule has 0 radical (unpaired) electrons. The van der Waals surface area contributed by atoms with E-state index in [1.54, 1.807) is 11.3 Å². The Kier molecular flexibility index (Phi) is 4.44. The van der Waals surface area contributed by atoms with Gasteiger partial charge < -0.3 is 11.1 Å². The smallest absolute Gasteiger partial charge is 0.226 e. The number of aromatic nitrogens is 1. The second-order valence-electron chi connectivity index (χ2n) is 4.75. The Balaban J connectivity index is 2.50. The summed E-state index contributed by atoms with van der Waals surface area (Å²) < 4.78 is 0. The van der Waals surface area contributed by atoms with Crippen molar-refractivity contribution in [3.63, 3.8) is 0 Å². The van der Waals surface area contributed by atoms with Gasteiger partial charge in [-0.2, -0.15) is 0 Å². The van der Waals surface area contributed by atoms with Gasteiger partial charge in [0.05, 0.1) is 17.1 Å². The lowest BCUT2D eigenvalue weighted by molar-refractivity contribution is -0.121. The summed E-state index contributed by atoms with van der Waals surface area (Å²) in [5.41, 5.74) is 6.08. The molecule has 5 heteroatoms. The zero-order valence-corrected chi connectivity index (χ0v) is 10.9. The van der Waals surface area contributed by atoms with Crippen LogP contribution >= 0.6 is 11.3 Å². The molecular weight excluding hydrogens is 222 g/mol. The molecule has 0 bridgehead atoms. The number of hydrogen-bond donors (Lipinski definition) is 2. The van der Waals surface area contributed by atoms with Crippen LogP contribution in [-0.4, -0.2) is 23.0 Å². The fourth-order valence-corrected chi connectivity index (χ4v) is 2.11. The highest BCUT2D eigenvalue weighted by Gasteiger charge is 2.14. The van der Waals surface area contributed by atoms with E-state index < -0.39 is 0 Å². The summed E-state index contributed by atoms with van der Waals surface area (Å²) in [7, 11) is 0. The number of rotatable bonds is 4. The molecule has 0 unspecified atom stereocenters. The summed E-state index contributed by atoms with van der Waals surface area (Å²) in [6.07, 6.45) is 1.13. The molecule has 0 aliphatic rings. The van der Waals surface area contributed by atoms with E-state index in [0.717, 1.165) is 17.1 Å². The lowest BCUT2D eigenvalue weighted by Crippen LogP contribution is -2.41. The number of thiazole rings is 1. The lowest BCUT2D eigenvalue weighted by atomic mass is 10.1. The van der Waals surface area contributed by atoms with Gasteiger partial charge in [0, 0.05) is 17.3 Å². The molecule has 1 aromatic rings. The molecule has 0 saturated carbocycles. The first-order chi connectivity index (χ1) is 7.40. The Morgan fingerprint density at radius 1 is 1.56 bits per heavy atom. The fraction of sp³-hybridized carbons (Fsp3) is 0.636. The summed E-state index contributed by atoms with van der Waals surface area (Å²) >= 11 is 1.56. The standard InChI is InChI=1S/C11H19N3OS/c1-11(2,3)14-9(15)6-8-7-16-10(13-8)4-5-12/h7H,4-6,12H2,1-3H3,(H,14,15). The van der Waals surface area contributed by atoms with Gasteiger partial charge in [0.25, 0.3) is 0 Å². The summed E-state index contributed by atoms with van der Waals surface area (Å²) in [4.78, 5) is 16.0. The van der Waals surface area contributed by atoms with E-state index in [-0.39, 0.29) is 11.4 Å². The van der Waals surface area contributed by atoms with Gasteiger partial charge in [-0.25, -0.2) is 4.98 Å². The minimum absolute atomic E-state index is 0.0112. The average molecular weight is 241 g/mol. The van der Waals surface area contributed by atoms with Crippen LogP contribution in [0.2, 0.25) is 0 Å². The van der Waals surface area contributed by atoms with Crippen molar-refractivity contribution in [3.05, 3.63) is 16.1 Å². The largest absolute Gasteiger partial charge is 0.351 e. The SMILES string of the molecule is CC(C)(C)NC(=O)Cc1csc(CCN)n1. The third-order valence-corrected chi connectivity index (χ3v) is 2.77. The predicted molar refractivity (Wildman–Crippen MR) is 66.5 cm³/mol. The molecule has 90 valence electrons. The van der Waals surface area contributed by atoms with Crippen molar-refractivity contribution in [1.82, 2.24) is 10.3 Å². The van der Waals surface area contributed by atoms with E-state index in [1.165, 1.54) is 0 Å². The number of hydrogen-bond acceptors (Lipinski definition) is 4. The zero-order chi connectivity index (χ0) is 12.2. The summed E-state index contributed by atoms with van der Waals surface area (Å²) in [6.45, 7) is 6.49. The van der Waals surface area contributed by atoms with Crippen LogP contribution in [0.4, 0.5) is 0 Å². The van der Waals surface area contributed by atoms with E-state index in [4.69, 9.17) is 5.73 Å². The molecule has 0 spiro atoms. The highest BCUT2D eigenvalue weighted by atomic mass is 32.1. The summed E-state index contributed by atoms with van der Waals surface area (Å²) in [5.74, 6) is 0.0112. The van der Waals surface area contributed by atoms with Gasteiger partial charge in [-0.3, -0.25) is 4.79 Å². The van der Waals surface area contributed by atoms with Gasteiger partial charge in [-0.1, -0.05) is 0 Å². The predicted octanol–water partition coefficient (Wildman–Crippen LogP) is 1.10. The van der Waals surface area contributed by atoms with Gasteiger partial charge in [0.1, 0.15) is 0 Å². The Bertz CT molecular complexity index is 354. The maximum atomic E-state index is 11.6. The number of nitrogens with zero attached hydrogens (tertiary/aromatic N) is 1. The molecular formula is C11H19N3OS. The molecule has 4 nitrogen and oxygen atoms in total. The molecule has 1 aromatic heterocycles. The first-order valence-electron chi connectivity index (χ1n) is 5.35. The minimum Gasteiger partial charge on any atom is -0.351 e. The van der Waals surface area contributed by atoms with Crippen molar-refractivity contribution in [2.24, 2.45) is 5.73 Å². The van der Waals surface area contributed by atoms with Crippen LogP contribution in [0.3, 0.4) is 0 Å². The van der Waals surface area contributed by atoms with Gasteiger partial charge in [-0.15, -0.1) is 11.3 Å². The normalized spacial score (nSPS) is 11.5. The van der Waals surface area contributed by atoms with Crippen LogP contribution in [0.5, 0.6) is 0 Å². The van der Waals surface area contributed by atoms with E-state index >= 15 is 0 Å². The molecule has 1 heterocycles. The molecule has 0 fully saturated rings. The Morgan fingerprint density at radius 2 is 2.25 bits per heavy atom. The fourth-order valence-electron chi connectivity index (χ4n) is 1.30. The maximum Gasteiger partial charge on any atom is 0.226 e. The van der Waals surface area contributed by atoms with Crippen molar-refractivity contribution in [2.45, 2.75) is 39.2 Å². The van der Waals surface area contributed by atoms with Crippen LogP contribution in [0, 0.1) is 0 Å². The Morgan fingerprint density at radius 3 is 2.81 bits per heavy atom. The molecule has 3 N–H and O–H groups in total. The van der Waals surface area contributed by atoms with Gasteiger partial charge >= 0.3 is 0 Å². The van der Waals surface area contributed by atoms with Crippen molar-refractivity contribution in [2.75, 3.05) is 6.54 Å². The van der Waals surface area contributed by atoms with Crippen molar-refractivity contribution < 1.29 is 4.79 Å². The first-order valence-corrected chi connectivity index (χ1v) is 6.23. The van der Waals surface area contributed by atoms with E-state index in [1.807, 2.05) is 26.2 Å². The zero-order valence-electron chi connectivity index (χ0n) is 10.0. The van der Waals surface area contributed by atoms with Gasteiger partial charge in [-0.05, 0) is 27.3 Å². The summed E-state index contributed by atoms with van der Waals surface area (Å²) in [5, 5.41) is 5.83. The quantitative estimate of drug-likeness (QED) is 0.829. The Hall–Kier alpha value is -0.940. The van der Waals surface area contributed by atoms with Gasteiger partial charge in [0.15, 0.2) is 0 Å². The van der Waals surface area contributed by atoms with Crippen molar-refractivity contribution >= 4 is 17.2 Å². The van der Waals surface area contributed by atoms with E-state index in [9.17, 15) is 4.79 Å². The number of amides is 1. The second-order valence-corrected chi connectivity index (χ2v) is 5.69. The van der Waals surface area contributed by atoms with Crippen LogP contribution in [-0.2, 0) is 17.6 Å². The van der Waals surface area contributed by atoms with Gasteiger partial charge in [0.2, 0.25) is 5.91 Å². The third kappa shape index (κ3) is 4.72. The molecule has 1 amide bonds. The lowest BCUT2D eigenvalue weighted by Gasteiger charge is -2.20. The van der Waals surface area contributed by atoms with Crippen LogP contribution < -0.4 is 11.1 Å². The van der Waals surface area contributed by atoms with Crippen molar-refractivity contribution in [1.29, 1.82) is 0 Å². The van der Waals surface area contributed by atoms with E-state index in [0.29, 0.717) is 13.0 Å². The molecule has 1 rings (SSSR count). The molecule has 16 heavy (non-hydrogen) atoms. The highest BCUT2D eigenvalue weighted by Crippen LogP contribution is 2.11. The monoisotopic (exact) mass is 241 g/mol. The Labute approximate surface area is 100 Å². The number of carbonyl (C=O) groups is 1. The molecule has 0 aromatic carbocycles. The summed E-state index contributed by atoms with van der Waals surface area (Å²) in [6, 6.07) is 0. The number of nitrogens with two attached hydrogens (primary N) is 1. The van der Waals surface area contributed by atoms with E-state index in [2.05, 4.69) is 10.3 Å². The van der Waals surface area contributed by atoms with Crippen LogP contribution in [0.25, 0.3) is 0 Å². The third-order valence-electron chi connectivity index (χ3n) is 1.81. The molecule has 0 aliphatic carbocycles. The molecule has 0 saturated heterocycles. The molecule has 0 atom stereocenters. The van der Waals surface area contributed by atoms with Crippen LogP contribution in [0.15, 0.2) is 5.38 Å². The number of nitrogens with one attached hydrogen (secondary N) is 1. The average Bonchev–Trinajstić information content (AvgIpc) is 2.49. The second kappa shape index (κ2) is 5.41. The maximum absolute atomic E-state index is 11.6. The highest BCUT2D eigenvalue weighted by molar-refractivity contribution is 7.09. The van der Waals surface area contributed by atoms with Crippen molar-refractivity contribution in [3.8, 4) is 0 Å². The first kappa shape index (κ1) is 13.1. The minimum atomic E-state index is -0.187. The van der Waals surface area contributed by atoms with Crippen LogP contribution in [0.1, 0.15) is 31.5 Å².